The largest absolute Gasteiger partial charge is 0.468 e. The maximum Gasteiger partial charge on any atom is 0.327 e. The van der Waals surface area contributed by atoms with Crippen molar-refractivity contribution in [3.63, 3.8) is 0 Å². The summed E-state index contributed by atoms with van der Waals surface area (Å²) in [5, 5.41) is 8.83. The standard InChI is InChI=1S/C34H42N4O4/c1-5-13-28(26-20-18-24(4)19-21-26)37-33(41)38-30(39)34(6-2,7-3)31(38)42-29-17-12-11-16-27(29)23-36-32(40)35-22-25-14-9-8-10-15-25/h8-12,14-21,28,31H,5-7,13,22-23H2,1-4H3,(H,37,41)(H2,35,36,40)/t28-,31+/m1/s1. The highest BCUT2D eigenvalue weighted by molar-refractivity contribution is 6.03. The van der Waals surface area contributed by atoms with Crippen molar-refractivity contribution in [1.29, 1.82) is 0 Å². The topological polar surface area (TPSA) is 99.8 Å². The summed E-state index contributed by atoms with van der Waals surface area (Å²) in [6, 6.07) is 24.2. The van der Waals surface area contributed by atoms with Gasteiger partial charge in [0, 0.05) is 18.7 Å². The highest BCUT2D eigenvalue weighted by Gasteiger charge is 2.63. The zero-order valence-corrected chi connectivity index (χ0v) is 25.0. The number of likely N-dealkylation sites (tertiary alicyclic amines) is 1. The van der Waals surface area contributed by atoms with Crippen LogP contribution in [0.4, 0.5) is 9.59 Å². The summed E-state index contributed by atoms with van der Waals surface area (Å²) in [5.41, 5.74) is 3.08. The van der Waals surface area contributed by atoms with E-state index in [9.17, 15) is 14.4 Å². The normalized spacial score (nSPS) is 16.2. The Morgan fingerprint density at radius 2 is 1.52 bits per heavy atom. The van der Waals surface area contributed by atoms with Crippen LogP contribution in [0.1, 0.15) is 74.8 Å². The quantitative estimate of drug-likeness (QED) is 0.214. The Morgan fingerprint density at radius 3 is 2.19 bits per heavy atom. The van der Waals surface area contributed by atoms with Gasteiger partial charge in [0.25, 0.3) is 0 Å². The lowest BCUT2D eigenvalue weighted by Gasteiger charge is -2.53. The van der Waals surface area contributed by atoms with Crippen molar-refractivity contribution in [3.8, 4) is 5.75 Å². The summed E-state index contributed by atoms with van der Waals surface area (Å²) in [5.74, 6) is 0.288. The van der Waals surface area contributed by atoms with Crippen molar-refractivity contribution in [1.82, 2.24) is 20.9 Å². The summed E-state index contributed by atoms with van der Waals surface area (Å²) in [6.45, 7) is 8.63. The average molecular weight is 571 g/mol. The molecule has 5 amide bonds. The van der Waals surface area contributed by atoms with E-state index in [1.165, 1.54) is 4.90 Å². The third-order valence-electron chi connectivity index (χ3n) is 8.13. The maximum atomic E-state index is 13.6. The molecule has 1 aliphatic heterocycles. The van der Waals surface area contributed by atoms with Gasteiger partial charge >= 0.3 is 12.1 Å². The molecule has 42 heavy (non-hydrogen) atoms. The van der Waals surface area contributed by atoms with Crippen LogP contribution in [-0.4, -0.2) is 29.1 Å². The summed E-state index contributed by atoms with van der Waals surface area (Å²) in [6.07, 6.45) is 1.93. The first-order chi connectivity index (χ1) is 20.3. The maximum absolute atomic E-state index is 13.6. The van der Waals surface area contributed by atoms with E-state index in [2.05, 4.69) is 22.9 Å². The van der Waals surface area contributed by atoms with Crippen molar-refractivity contribution in [2.75, 3.05) is 0 Å². The Bertz CT molecular complexity index is 1360. The number of hydrogen-bond acceptors (Lipinski definition) is 4. The van der Waals surface area contributed by atoms with E-state index in [1.807, 2.05) is 93.6 Å². The number of nitrogens with zero attached hydrogens (tertiary/aromatic N) is 1. The number of β-lactam (4-membered cyclic amide) rings is 1. The number of imide groups is 1. The Hall–Kier alpha value is -4.33. The Kier molecular flexibility index (Phi) is 10.2. The van der Waals surface area contributed by atoms with Crippen LogP contribution in [0.15, 0.2) is 78.9 Å². The number of hydrogen-bond donors (Lipinski definition) is 3. The molecule has 3 N–H and O–H groups in total. The van der Waals surface area contributed by atoms with Crippen LogP contribution in [-0.2, 0) is 17.9 Å². The van der Waals surface area contributed by atoms with E-state index in [0.29, 0.717) is 25.1 Å². The van der Waals surface area contributed by atoms with Crippen molar-refractivity contribution in [2.45, 2.75) is 78.7 Å². The Labute approximate surface area is 248 Å². The van der Waals surface area contributed by atoms with Gasteiger partial charge in [-0.2, -0.15) is 0 Å². The summed E-state index contributed by atoms with van der Waals surface area (Å²) in [7, 11) is 0. The fourth-order valence-electron chi connectivity index (χ4n) is 5.43. The zero-order valence-electron chi connectivity index (χ0n) is 25.0. The van der Waals surface area contributed by atoms with Crippen molar-refractivity contribution < 1.29 is 19.1 Å². The lowest BCUT2D eigenvalue weighted by atomic mass is 9.72. The molecule has 1 aliphatic rings. The highest BCUT2D eigenvalue weighted by atomic mass is 16.5. The van der Waals surface area contributed by atoms with Crippen LogP contribution in [0.5, 0.6) is 5.75 Å². The molecule has 0 aromatic heterocycles. The molecular weight excluding hydrogens is 528 g/mol. The van der Waals surface area contributed by atoms with Crippen molar-refractivity contribution in [2.24, 2.45) is 5.41 Å². The van der Waals surface area contributed by atoms with Gasteiger partial charge in [0.1, 0.15) is 11.2 Å². The number of para-hydroxylation sites is 1. The predicted molar refractivity (Wildman–Crippen MR) is 164 cm³/mol. The minimum absolute atomic E-state index is 0.222. The van der Waals surface area contributed by atoms with Gasteiger partial charge in [-0.3, -0.25) is 4.79 Å². The molecule has 0 spiro atoms. The number of rotatable bonds is 12. The van der Waals surface area contributed by atoms with Gasteiger partial charge in [0.2, 0.25) is 5.91 Å². The number of ether oxygens (including phenoxy) is 1. The number of benzene rings is 3. The number of carbonyl (C=O) groups excluding carboxylic acids is 3. The predicted octanol–water partition coefficient (Wildman–Crippen LogP) is 6.60. The molecule has 0 saturated carbocycles. The van der Waals surface area contributed by atoms with E-state index in [4.69, 9.17) is 4.74 Å². The highest BCUT2D eigenvalue weighted by Crippen LogP contribution is 2.46. The molecule has 0 bridgehead atoms. The Morgan fingerprint density at radius 1 is 0.881 bits per heavy atom. The third kappa shape index (κ3) is 6.75. The van der Waals surface area contributed by atoms with Crippen LogP contribution in [0.2, 0.25) is 0 Å². The van der Waals surface area contributed by atoms with Crippen LogP contribution >= 0.6 is 0 Å². The first-order valence-electron chi connectivity index (χ1n) is 14.8. The molecule has 0 unspecified atom stereocenters. The van der Waals surface area contributed by atoms with Gasteiger partial charge in [-0.25, -0.2) is 14.5 Å². The smallest absolute Gasteiger partial charge is 0.327 e. The summed E-state index contributed by atoms with van der Waals surface area (Å²) >= 11 is 0. The van der Waals surface area contributed by atoms with Gasteiger partial charge in [-0.1, -0.05) is 106 Å². The minimum Gasteiger partial charge on any atom is -0.468 e. The van der Waals surface area contributed by atoms with Gasteiger partial charge in [0.15, 0.2) is 6.23 Å². The molecule has 1 heterocycles. The van der Waals surface area contributed by atoms with Crippen LogP contribution in [0.3, 0.4) is 0 Å². The van der Waals surface area contributed by atoms with Gasteiger partial charge in [-0.05, 0) is 43.4 Å². The molecule has 3 aromatic carbocycles. The first-order valence-corrected chi connectivity index (χ1v) is 14.8. The average Bonchev–Trinajstić information content (AvgIpc) is 3.01. The molecule has 1 saturated heterocycles. The van der Waals surface area contributed by atoms with Crippen molar-refractivity contribution >= 4 is 18.0 Å². The SMILES string of the molecule is CCC[C@@H](NC(=O)N1C(=O)C(CC)(CC)[C@@H]1Oc1ccccc1CNC(=O)NCc1ccccc1)c1ccc(C)cc1. The van der Waals surface area contributed by atoms with E-state index in [1.54, 1.807) is 6.07 Å². The number of nitrogens with one attached hydrogen (secondary N) is 3. The molecule has 1 fully saturated rings. The molecule has 2 atom stereocenters. The molecule has 4 rings (SSSR count). The summed E-state index contributed by atoms with van der Waals surface area (Å²) < 4.78 is 6.48. The van der Waals surface area contributed by atoms with E-state index in [0.717, 1.165) is 35.1 Å². The second-order valence-electron chi connectivity index (χ2n) is 10.8. The molecule has 8 nitrogen and oxygen atoms in total. The number of carbonyl (C=O) groups is 3. The van der Waals surface area contributed by atoms with Crippen LogP contribution in [0, 0.1) is 12.3 Å². The van der Waals surface area contributed by atoms with Gasteiger partial charge < -0.3 is 20.7 Å². The minimum atomic E-state index is -0.810. The zero-order chi connectivity index (χ0) is 30.1. The van der Waals surface area contributed by atoms with Gasteiger partial charge in [-0.15, -0.1) is 0 Å². The molecule has 0 radical (unpaired) electrons. The fourth-order valence-corrected chi connectivity index (χ4v) is 5.43. The molecule has 8 heteroatoms. The van der Waals surface area contributed by atoms with Crippen LogP contribution in [0.25, 0.3) is 0 Å². The number of amides is 5. The number of aryl methyl sites for hydroxylation is 1. The summed E-state index contributed by atoms with van der Waals surface area (Å²) in [4.78, 5) is 40.9. The van der Waals surface area contributed by atoms with E-state index in [-0.39, 0.29) is 24.5 Å². The second kappa shape index (κ2) is 14.0. The first kappa shape index (κ1) is 30.6. The van der Waals surface area contributed by atoms with E-state index >= 15 is 0 Å². The fraction of sp³-hybridized carbons (Fsp3) is 0.382. The molecular formula is C34H42N4O4. The monoisotopic (exact) mass is 570 g/mol. The third-order valence-corrected chi connectivity index (χ3v) is 8.13. The van der Waals surface area contributed by atoms with Crippen LogP contribution < -0.4 is 20.7 Å². The number of urea groups is 2. The Balaban J connectivity index is 1.48. The molecule has 222 valence electrons. The molecule has 3 aromatic rings. The lowest BCUT2D eigenvalue weighted by Crippen LogP contribution is -2.73. The van der Waals surface area contributed by atoms with E-state index < -0.39 is 17.7 Å². The molecule has 0 aliphatic carbocycles. The lowest BCUT2D eigenvalue weighted by molar-refractivity contribution is -0.191. The van der Waals surface area contributed by atoms with Gasteiger partial charge in [0.05, 0.1) is 6.04 Å². The second-order valence-corrected chi connectivity index (χ2v) is 10.8. The van der Waals surface area contributed by atoms with Crippen molar-refractivity contribution in [3.05, 3.63) is 101 Å².